The molecule has 0 radical (unpaired) electrons. The highest BCUT2D eigenvalue weighted by molar-refractivity contribution is 14.1. The van der Waals surface area contributed by atoms with Crippen LogP contribution >= 0.6 is 22.6 Å². The lowest BCUT2D eigenvalue weighted by molar-refractivity contribution is 0.0592. The fourth-order valence-corrected chi connectivity index (χ4v) is 1.53. The summed E-state index contributed by atoms with van der Waals surface area (Å²) < 4.78 is 5.18. The van der Waals surface area contributed by atoms with Gasteiger partial charge in [-0.15, -0.1) is 0 Å². The first-order valence-electron chi connectivity index (χ1n) is 3.96. The second kappa shape index (κ2) is 4.56. The molecule has 15 heavy (non-hydrogen) atoms. The molecule has 0 aromatic carbocycles. The quantitative estimate of drug-likeness (QED) is 0.659. The monoisotopic (exact) mass is 321 g/mol. The lowest BCUT2D eigenvalue weighted by Gasteiger charge is -2.06. The van der Waals surface area contributed by atoms with Crippen LogP contribution in [0.4, 0.5) is 0 Å². The molecular formula is C9H8INO4. The average molecular weight is 321 g/mol. The van der Waals surface area contributed by atoms with Crippen molar-refractivity contribution in [3.63, 3.8) is 0 Å². The summed E-state index contributed by atoms with van der Waals surface area (Å²) in [5, 5.41) is 8.76. The first kappa shape index (κ1) is 11.9. The maximum atomic E-state index is 11.3. The number of ether oxygens (including phenoxy) is 1. The summed E-state index contributed by atoms with van der Waals surface area (Å²) >= 11 is 1.95. The van der Waals surface area contributed by atoms with Crippen LogP contribution in [0.1, 0.15) is 26.5 Å². The SMILES string of the molecule is COC(=O)c1nc(C(=O)O)cc(I)c1C. The zero-order valence-corrected chi connectivity index (χ0v) is 10.2. The molecule has 1 aromatic heterocycles. The molecule has 5 nitrogen and oxygen atoms in total. The fourth-order valence-electron chi connectivity index (χ4n) is 0.983. The summed E-state index contributed by atoms with van der Waals surface area (Å²) in [4.78, 5) is 25.7. The summed E-state index contributed by atoms with van der Waals surface area (Å²) in [5.41, 5.74) is 0.500. The minimum atomic E-state index is -1.17. The van der Waals surface area contributed by atoms with E-state index in [0.29, 0.717) is 9.13 Å². The van der Waals surface area contributed by atoms with Gasteiger partial charge >= 0.3 is 11.9 Å². The highest BCUT2D eigenvalue weighted by Crippen LogP contribution is 2.16. The Kier molecular flexibility index (Phi) is 3.61. The Hall–Kier alpha value is -1.18. The van der Waals surface area contributed by atoms with Gasteiger partial charge in [-0.3, -0.25) is 0 Å². The first-order valence-corrected chi connectivity index (χ1v) is 5.04. The number of carboxylic acid groups (broad SMARTS) is 1. The fraction of sp³-hybridized carbons (Fsp3) is 0.222. The maximum absolute atomic E-state index is 11.3. The molecule has 1 heterocycles. The molecule has 80 valence electrons. The van der Waals surface area contributed by atoms with E-state index in [1.165, 1.54) is 13.2 Å². The Bertz CT molecular complexity index is 430. The standard InChI is InChI=1S/C9H8INO4/c1-4-5(10)3-6(8(12)13)11-7(4)9(14)15-2/h3H,1-2H3,(H,12,13). The van der Waals surface area contributed by atoms with Crippen LogP contribution in [-0.4, -0.2) is 29.1 Å². The number of aromatic carboxylic acids is 1. The number of carboxylic acids is 1. The normalized spacial score (nSPS) is 9.80. The van der Waals surface area contributed by atoms with Crippen molar-refractivity contribution in [2.75, 3.05) is 7.11 Å². The molecule has 0 unspecified atom stereocenters. The molecule has 0 atom stereocenters. The van der Waals surface area contributed by atoms with Crippen molar-refractivity contribution in [1.29, 1.82) is 0 Å². The molecule has 0 aliphatic carbocycles. The van der Waals surface area contributed by atoms with Gasteiger partial charge in [-0.25, -0.2) is 14.6 Å². The first-order chi connectivity index (χ1) is 6.97. The molecule has 0 saturated carbocycles. The van der Waals surface area contributed by atoms with E-state index in [-0.39, 0.29) is 11.4 Å². The van der Waals surface area contributed by atoms with E-state index in [9.17, 15) is 9.59 Å². The van der Waals surface area contributed by atoms with Gasteiger partial charge in [0.15, 0.2) is 5.69 Å². The number of carbonyl (C=O) groups excluding carboxylic acids is 1. The number of hydrogen-bond acceptors (Lipinski definition) is 4. The lowest BCUT2D eigenvalue weighted by atomic mass is 10.2. The number of rotatable bonds is 2. The van der Waals surface area contributed by atoms with Gasteiger partial charge < -0.3 is 9.84 Å². The molecule has 0 saturated heterocycles. The van der Waals surface area contributed by atoms with Crippen molar-refractivity contribution in [2.45, 2.75) is 6.92 Å². The van der Waals surface area contributed by atoms with Gasteiger partial charge in [0.2, 0.25) is 0 Å². The molecule has 1 rings (SSSR count). The summed E-state index contributed by atoms with van der Waals surface area (Å²) in [5.74, 6) is -1.80. The van der Waals surface area contributed by atoms with Crippen LogP contribution in [0.15, 0.2) is 6.07 Å². The largest absolute Gasteiger partial charge is 0.477 e. The molecule has 0 spiro atoms. The van der Waals surface area contributed by atoms with Crippen LogP contribution in [0.3, 0.4) is 0 Å². The van der Waals surface area contributed by atoms with Gasteiger partial charge in [-0.2, -0.15) is 0 Å². The van der Waals surface area contributed by atoms with Crippen molar-refractivity contribution < 1.29 is 19.4 Å². The summed E-state index contributed by atoms with van der Waals surface area (Å²) in [7, 11) is 1.23. The molecule has 0 aliphatic heterocycles. The van der Waals surface area contributed by atoms with Gasteiger partial charge in [-0.05, 0) is 41.1 Å². The van der Waals surface area contributed by atoms with E-state index in [2.05, 4.69) is 9.72 Å². The van der Waals surface area contributed by atoms with Gasteiger partial charge in [0.1, 0.15) is 5.69 Å². The van der Waals surface area contributed by atoms with E-state index < -0.39 is 11.9 Å². The lowest BCUT2D eigenvalue weighted by Crippen LogP contribution is -2.12. The molecule has 1 aromatic rings. The predicted octanol–water partition coefficient (Wildman–Crippen LogP) is 1.48. The zero-order chi connectivity index (χ0) is 11.6. The number of pyridine rings is 1. The summed E-state index contributed by atoms with van der Waals surface area (Å²) in [6.07, 6.45) is 0. The van der Waals surface area contributed by atoms with Gasteiger partial charge in [0, 0.05) is 3.57 Å². The average Bonchev–Trinajstić information content (AvgIpc) is 2.20. The van der Waals surface area contributed by atoms with Gasteiger partial charge in [0.25, 0.3) is 0 Å². The molecule has 0 bridgehead atoms. The van der Waals surface area contributed by atoms with E-state index in [4.69, 9.17) is 5.11 Å². The third-order valence-electron chi connectivity index (χ3n) is 1.81. The molecule has 6 heteroatoms. The zero-order valence-electron chi connectivity index (χ0n) is 8.07. The smallest absolute Gasteiger partial charge is 0.356 e. The van der Waals surface area contributed by atoms with Crippen molar-refractivity contribution in [3.05, 3.63) is 26.6 Å². The number of halogens is 1. The number of hydrogen-bond donors (Lipinski definition) is 1. The van der Waals surface area contributed by atoms with Crippen LogP contribution < -0.4 is 0 Å². The Morgan fingerprint density at radius 1 is 1.53 bits per heavy atom. The van der Waals surface area contributed by atoms with Crippen LogP contribution in [-0.2, 0) is 4.74 Å². The Balaban J connectivity index is 3.37. The van der Waals surface area contributed by atoms with Crippen LogP contribution in [0, 0.1) is 10.5 Å². The minimum absolute atomic E-state index is 0.0433. The van der Waals surface area contributed by atoms with Crippen molar-refractivity contribution in [2.24, 2.45) is 0 Å². The topological polar surface area (TPSA) is 76.5 Å². The molecule has 1 N–H and O–H groups in total. The molecule has 0 aliphatic rings. The summed E-state index contributed by atoms with van der Waals surface area (Å²) in [6, 6.07) is 1.41. The Labute approximate surface area is 99.6 Å². The minimum Gasteiger partial charge on any atom is -0.477 e. The third kappa shape index (κ3) is 2.44. The highest BCUT2D eigenvalue weighted by atomic mass is 127. The van der Waals surface area contributed by atoms with E-state index in [1.807, 2.05) is 22.6 Å². The molecule has 0 fully saturated rings. The maximum Gasteiger partial charge on any atom is 0.356 e. The van der Waals surface area contributed by atoms with E-state index >= 15 is 0 Å². The van der Waals surface area contributed by atoms with E-state index in [0.717, 1.165) is 0 Å². The Morgan fingerprint density at radius 3 is 2.60 bits per heavy atom. The number of esters is 1. The second-order valence-electron chi connectivity index (χ2n) is 2.76. The Morgan fingerprint density at radius 2 is 2.13 bits per heavy atom. The van der Waals surface area contributed by atoms with Crippen LogP contribution in [0.5, 0.6) is 0 Å². The molecular weight excluding hydrogens is 313 g/mol. The van der Waals surface area contributed by atoms with Crippen LogP contribution in [0.25, 0.3) is 0 Å². The van der Waals surface area contributed by atoms with Crippen molar-refractivity contribution in [3.8, 4) is 0 Å². The predicted molar refractivity (Wildman–Crippen MR) is 60.0 cm³/mol. The number of aromatic nitrogens is 1. The third-order valence-corrected chi connectivity index (χ3v) is 2.93. The van der Waals surface area contributed by atoms with E-state index in [1.54, 1.807) is 6.92 Å². The number of methoxy groups -OCH3 is 1. The second-order valence-corrected chi connectivity index (χ2v) is 3.92. The van der Waals surface area contributed by atoms with Gasteiger partial charge in [0.05, 0.1) is 7.11 Å². The molecule has 0 amide bonds. The van der Waals surface area contributed by atoms with Crippen LogP contribution in [0.2, 0.25) is 0 Å². The highest BCUT2D eigenvalue weighted by Gasteiger charge is 2.17. The summed E-state index contributed by atoms with van der Waals surface area (Å²) in [6.45, 7) is 1.69. The van der Waals surface area contributed by atoms with Gasteiger partial charge in [-0.1, -0.05) is 0 Å². The number of carbonyl (C=O) groups is 2. The number of nitrogens with zero attached hydrogens (tertiary/aromatic N) is 1. The van der Waals surface area contributed by atoms with Crippen molar-refractivity contribution >= 4 is 34.5 Å². The van der Waals surface area contributed by atoms with Crippen molar-refractivity contribution in [1.82, 2.24) is 4.98 Å².